The minimum Gasteiger partial charge on any atom is -0.465 e. The summed E-state index contributed by atoms with van der Waals surface area (Å²) in [7, 11) is 0. The first-order valence-electron chi connectivity index (χ1n) is 8.19. The lowest BCUT2D eigenvalue weighted by Gasteiger charge is -2.22. The summed E-state index contributed by atoms with van der Waals surface area (Å²) in [6.45, 7) is 8.11. The molecule has 0 aromatic heterocycles. The van der Waals surface area contributed by atoms with Crippen molar-refractivity contribution in [2.75, 3.05) is 13.2 Å². The number of aliphatic hydroxyl groups excluding tert-OH is 1. The molecule has 0 rings (SSSR count). The first-order valence-corrected chi connectivity index (χ1v) is 8.19. The molecule has 0 saturated carbocycles. The maximum atomic E-state index is 12.0. The molecule has 0 heterocycles. The second kappa shape index (κ2) is 10.2. The third-order valence-corrected chi connectivity index (χ3v) is 3.68. The number of unbranched alkanes of at least 4 members (excludes halogenated alkanes) is 4. The molecule has 0 amide bonds. The number of hydrogen-bond donors (Lipinski definition) is 2. The predicted molar refractivity (Wildman–Crippen MR) is 85.1 cm³/mol. The molecule has 0 aliphatic carbocycles. The lowest BCUT2D eigenvalue weighted by atomic mass is 9.87. The summed E-state index contributed by atoms with van der Waals surface area (Å²) in [4.78, 5) is 12.0. The maximum Gasteiger partial charge on any atom is 0.311 e. The van der Waals surface area contributed by atoms with Crippen LogP contribution in [0.3, 0.4) is 0 Å². The average molecular weight is 302 g/mol. The number of rotatable bonds is 12. The van der Waals surface area contributed by atoms with Gasteiger partial charge >= 0.3 is 5.97 Å². The summed E-state index contributed by atoms with van der Waals surface area (Å²) in [6.07, 6.45) is 7.10. The summed E-state index contributed by atoms with van der Waals surface area (Å²) in [5.74, 6) is -0.142. The van der Waals surface area contributed by atoms with E-state index in [1.807, 2.05) is 27.7 Å². The molecule has 0 aliphatic rings. The molecule has 0 bridgehead atoms. The lowest BCUT2D eigenvalue weighted by molar-refractivity contribution is -0.154. The second-order valence-electron chi connectivity index (χ2n) is 7.18. The van der Waals surface area contributed by atoms with Crippen molar-refractivity contribution in [1.82, 2.24) is 0 Å². The van der Waals surface area contributed by atoms with Crippen LogP contribution in [0.15, 0.2) is 0 Å². The van der Waals surface area contributed by atoms with Gasteiger partial charge in [-0.3, -0.25) is 4.79 Å². The van der Waals surface area contributed by atoms with Gasteiger partial charge in [-0.2, -0.15) is 0 Å². The minimum absolute atomic E-state index is 0.142. The van der Waals surface area contributed by atoms with Crippen molar-refractivity contribution in [1.29, 1.82) is 0 Å². The van der Waals surface area contributed by atoms with E-state index in [1.54, 1.807) is 0 Å². The Labute approximate surface area is 129 Å². The van der Waals surface area contributed by atoms with Crippen LogP contribution in [0, 0.1) is 5.41 Å². The fourth-order valence-corrected chi connectivity index (χ4v) is 2.15. The maximum absolute atomic E-state index is 12.0. The number of esters is 1. The summed E-state index contributed by atoms with van der Waals surface area (Å²) >= 11 is 0. The smallest absolute Gasteiger partial charge is 0.311 e. The molecule has 4 nitrogen and oxygen atoms in total. The largest absolute Gasteiger partial charge is 0.465 e. The van der Waals surface area contributed by atoms with Crippen molar-refractivity contribution in [2.45, 2.75) is 84.7 Å². The first kappa shape index (κ1) is 20.4. The predicted octanol–water partition coefficient (Wildman–Crippen LogP) is 3.44. The van der Waals surface area contributed by atoms with Crippen LogP contribution in [0.4, 0.5) is 0 Å². The molecule has 2 N–H and O–H groups in total. The van der Waals surface area contributed by atoms with Crippen molar-refractivity contribution < 1.29 is 19.7 Å². The fraction of sp³-hybridized carbons (Fsp3) is 0.941. The van der Waals surface area contributed by atoms with Crippen LogP contribution in [0.25, 0.3) is 0 Å². The molecule has 0 aromatic carbocycles. The van der Waals surface area contributed by atoms with E-state index < -0.39 is 11.0 Å². The van der Waals surface area contributed by atoms with Crippen LogP contribution in [0.5, 0.6) is 0 Å². The zero-order valence-electron chi connectivity index (χ0n) is 14.3. The first-order chi connectivity index (χ1) is 9.69. The van der Waals surface area contributed by atoms with Gasteiger partial charge in [0.15, 0.2) is 0 Å². The summed E-state index contributed by atoms with van der Waals surface area (Å²) in [6, 6.07) is 0. The Morgan fingerprint density at radius 3 is 2.05 bits per heavy atom. The third kappa shape index (κ3) is 11.7. The van der Waals surface area contributed by atoms with Crippen LogP contribution < -0.4 is 0 Å². The summed E-state index contributed by atoms with van der Waals surface area (Å²) in [5.41, 5.74) is -1.04. The molecule has 4 heteroatoms. The topological polar surface area (TPSA) is 66.8 Å². The van der Waals surface area contributed by atoms with Crippen LogP contribution in [-0.4, -0.2) is 35.0 Å². The Morgan fingerprint density at radius 2 is 1.48 bits per heavy atom. The molecule has 21 heavy (non-hydrogen) atoms. The number of hydrogen-bond acceptors (Lipinski definition) is 4. The van der Waals surface area contributed by atoms with Gasteiger partial charge < -0.3 is 14.9 Å². The van der Waals surface area contributed by atoms with E-state index in [4.69, 9.17) is 9.84 Å². The Kier molecular flexibility index (Phi) is 9.88. The number of aliphatic hydroxyl groups is 2. The van der Waals surface area contributed by atoms with E-state index in [1.165, 1.54) is 0 Å². The molecule has 0 radical (unpaired) electrons. The quantitative estimate of drug-likeness (QED) is 0.428. The highest BCUT2D eigenvalue weighted by molar-refractivity contribution is 5.75. The van der Waals surface area contributed by atoms with Gasteiger partial charge in [-0.15, -0.1) is 0 Å². The van der Waals surface area contributed by atoms with Gasteiger partial charge in [0.25, 0.3) is 0 Å². The van der Waals surface area contributed by atoms with Crippen LogP contribution in [-0.2, 0) is 9.53 Å². The highest BCUT2D eigenvalue weighted by atomic mass is 16.5. The molecule has 0 atom stereocenters. The molecule has 0 aromatic rings. The number of carbonyl (C=O) groups is 1. The van der Waals surface area contributed by atoms with E-state index >= 15 is 0 Å². The van der Waals surface area contributed by atoms with Gasteiger partial charge in [-0.25, -0.2) is 0 Å². The summed E-state index contributed by atoms with van der Waals surface area (Å²) < 4.78 is 5.33. The minimum atomic E-state index is -0.578. The van der Waals surface area contributed by atoms with Crippen molar-refractivity contribution in [2.24, 2.45) is 5.41 Å². The Morgan fingerprint density at radius 1 is 0.905 bits per heavy atom. The molecule has 0 saturated heterocycles. The fourth-order valence-electron chi connectivity index (χ4n) is 2.15. The third-order valence-electron chi connectivity index (χ3n) is 3.68. The molecular weight excluding hydrogens is 268 g/mol. The normalized spacial score (nSPS) is 12.5. The van der Waals surface area contributed by atoms with Crippen molar-refractivity contribution in [3.63, 3.8) is 0 Å². The SMILES string of the molecule is CC(C)(O)CCCCCCOC(=O)C(C)(C)CCCCO. The van der Waals surface area contributed by atoms with E-state index in [-0.39, 0.29) is 12.6 Å². The zero-order valence-corrected chi connectivity index (χ0v) is 14.3. The Bertz CT molecular complexity index is 279. The van der Waals surface area contributed by atoms with E-state index in [0.717, 1.165) is 51.4 Å². The number of ether oxygens (including phenoxy) is 1. The molecule has 0 fully saturated rings. The van der Waals surface area contributed by atoms with Gasteiger partial charge in [0.05, 0.1) is 17.6 Å². The van der Waals surface area contributed by atoms with E-state index in [0.29, 0.717) is 6.61 Å². The van der Waals surface area contributed by atoms with Gasteiger partial charge in [-0.05, 0) is 53.4 Å². The molecule has 0 spiro atoms. The molecule has 0 unspecified atom stereocenters. The van der Waals surface area contributed by atoms with Crippen molar-refractivity contribution in [3.05, 3.63) is 0 Å². The monoisotopic (exact) mass is 302 g/mol. The Balaban J connectivity index is 3.65. The molecule has 0 aliphatic heterocycles. The number of carbonyl (C=O) groups excluding carboxylic acids is 1. The average Bonchev–Trinajstić information content (AvgIpc) is 2.36. The van der Waals surface area contributed by atoms with E-state index in [2.05, 4.69) is 0 Å². The highest BCUT2D eigenvalue weighted by Gasteiger charge is 2.28. The zero-order chi connectivity index (χ0) is 16.4. The van der Waals surface area contributed by atoms with Crippen molar-refractivity contribution >= 4 is 5.97 Å². The summed E-state index contributed by atoms with van der Waals surface area (Å²) in [5, 5.41) is 18.4. The standard InChI is InChI=1S/C17H34O4/c1-16(2,11-8-9-13-18)15(19)21-14-10-6-5-7-12-17(3,4)20/h18,20H,5-14H2,1-4H3. The van der Waals surface area contributed by atoms with Gasteiger partial charge in [-0.1, -0.05) is 25.7 Å². The van der Waals surface area contributed by atoms with Gasteiger partial charge in [0, 0.05) is 6.61 Å². The Hall–Kier alpha value is -0.610. The van der Waals surface area contributed by atoms with Crippen molar-refractivity contribution in [3.8, 4) is 0 Å². The lowest BCUT2D eigenvalue weighted by Crippen LogP contribution is -2.27. The van der Waals surface area contributed by atoms with Crippen LogP contribution >= 0.6 is 0 Å². The van der Waals surface area contributed by atoms with Gasteiger partial charge in [0.1, 0.15) is 0 Å². The molecule has 126 valence electrons. The van der Waals surface area contributed by atoms with E-state index in [9.17, 15) is 9.90 Å². The van der Waals surface area contributed by atoms with Crippen LogP contribution in [0.2, 0.25) is 0 Å². The highest BCUT2D eigenvalue weighted by Crippen LogP contribution is 2.25. The second-order valence-corrected chi connectivity index (χ2v) is 7.18. The van der Waals surface area contributed by atoms with Crippen LogP contribution in [0.1, 0.15) is 79.1 Å². The van der Waals surface area contributed by atoms with Gasteiger partial charge in [0.2, 0.25) is 0 Å². The molecular formula is C17H34O4.